The van der Waals surface area contributed by atoms with Crippen LogP contribution in [0.5, 0.6) is 5.75 Å². The Morgan fingerprint density at radius 3 is 2.37 bits per heavy atom. The third kappa shape index (κ3) is 3.27. The number of ketones is 1. The van der Waals surface area contributed by atoms with Crippen LogP contribution in [-0.4, -0.2) is 22.7 Å². The van der Waals surface area contributed by atoms with Crippen molar-refractivity contribution in [1.82, 2.24) is 9.78 Å². The first kappa shape index (κ1) is 17.5. The summed E-state index contributed by atoms with van der Waals surface area (Å²) >= 11 is 0. The van der Waals surface area contributed by atoms with Crippen LogP contribution in [-0.2, 0) is 6.42 Å². The van der Waals surface area contributed by atoms with Crippen molar-refractivity contribution in [3.8, 4) is 11.4 Å². The predicted molar refractivity (Wildman–Crippen MR) is 106 cm³/mol. The topological polar surface area (TPSA) is 44.1 Å². The minimum absolute atomic E-state index is 0.175. The summed E-state index contributed by atoms with van der Waals surface area (Å²) in [6.45, 7) is 4.39. The first-order valence-electron chi connectivity index (χ1n) is 9.41. The predicted octanol–water partition coefficient (Wildman–Crippen LogP) is 4.92. The lowest BCUT2D eigenvalue weighted by molar-refractivity contribution is 0.0963. The molecule has 0 saturated carbocycles. The number of rotatable bonds is 4. The second-order valence-electron chi connectivity index (χ2n) is 7.46. The number of ether oxygens (including phenoxy) is 1. The Hall–Kier alpha value is -2.88. The first-order valence-corrected chi connectivity index (χ1v) is 9.41. The van der Waals surface area contributed by atoms with E-state index in [-0.39, 0.29) is 11.7 Å². The second kappa shape index (κ2) is 7.03. The maximum Gasteiger partial charge on any atom is 0.166 e. The van der Waals surface area contributed by atoms with Gasteiger partial charge in [0.25, 0.3) is 0 Å². The van der Waals surface area contributed by atoms with Crippen molar-refractivity contribution in [3.63, 3.8) is 0 Å². The Labute approximate surface area is 159 Å². The molecule has 0 amide bonds. The SMILES string of the molecule is COc1ccc(-n2ncc3c2C[C@@H](c2ccc(C(C)C)cc2)CC3=O)cc1. The van der Waals surface area contributed by atoms with Crippen LogP contribution in [0.25, 0.3) is 5.69 Å². The Kier molecular flexibility index (Phi) is 4.56. The van der Waals surface area contributed by atoms with Crippen LogP contribution in [0.1, 0.15) is 59.3 Å². The molecule has 2 aromatic carbocycles. The summed E-state index contributed by atoms with van der Waals surface area (Å²) in [7, 11) is 1.65. The highest BCUT2D eigenvalue weighted by Crippen LogP contribution is 2.34. The zero-order chi connectivity index (χ0) is 19.0. The van der Waals surface area contributed by atoms with Crippen LogP contribution in [0.4, 0.5) is 0 Å². The van der Waals surface area contributed by atoms with Crippen LogP contribution >= 0.6 is 0 Å². The number of hydrogen-bond donors (Lipinski definition) is 0. The summed E-state index contributed by atoms with van der Waals surface area (Å²) in [5.41, 5.74) is 5.24. The van der Waals surface area contributed by atoms with Gasteiger partial charge in [-0.3, -0.25) is 4.79 Å². The average molecular weight is 360 g/mol. The van der Waals surface area contributed by atoms with E-state index in [1.807, 2.05) is 28.9 Å². The standard InChI is InChI=1S/C23H24N2O2/c1-15(2)16-4-6-17(7-5-16)18-12-22-21(23(26)13-18)14-24-25(22)19-8-10-20(27-3)11-9-19/h4-11,14-15,18H,12-13H2,1-3H3/t18-/m1/s1. The fourth-order valence-corrected chi connectivity index (χ4v) is 3.78. The lowest BCUT2D eigenvalue weighted by Crippen LogP contribution is -2.20. The molecule has 0 spiro atoms. The van der Waals surface area contributed by atoms with Gasteiger partial charge in [-0.2, -0.15) is 5.10 Å². The molecule has 1 aromatic heterocycles. The third-order valence-corrected chi connectivity index (χ3v) is 5.43. The van der Waals surface area contributed by atoms with Gasteiger partial charge in [0.15, 0.2) is 5.78 Å². The number of methoxy groups -OCH3 is 1. The van der Waals surface area contributed by atoms with Gasteiger partial charge in [0.2, 0.25) is 0 Å². The number of carbonyl (C=O) groups excluding carboxylic acids is 1. The fourth-order valence-electron chi connectivity index (χ4n) is 3.78. The number of nitrogens with zero attached hydrogens (tertiary/aromatic N) is 2. The maximum absolute atomic E-state index is 12.7. The molecule has 1 heterocycles. The molecule has 27 heavy (non-hydrogen) atoms. The van der Waals surface area contributed by atoms with Crippen molar-refractivity contribution in [2.45, 2.75) is 38.5 Å². The summed E-state index contributed by atoms with van der Waals surface area (Å²) < 4.78 is 7.12. The van der Waals surface area contributed by atoms with Gasteiger partial charge in [0.05, 0.1) is 30.3 Å². The number of benzene rings is 2. The van der Waals surface area contributed by atoms with Crippen LogP contribution in [0.3, 0.4) is 0 Å². The molecule has 4 rings (SSSR count). The lowest BCUT2D eigenvalue weighted by atomic mass is 9.82. The van der Waals surface area contributed by atoms with Gasteiger partial charge >= 0.3 is 0 Å². The van der Waals surface area contributed by atoms with E-state index in [1.165, 1.54) is 11.1 Å². The molecule has 138 valence electrons. The van der Waals surface area contributed by atoms with Crippen molar-refractivity contribution in [2.75, 3.05) is 7.11 Å². The fraction of sp³-hybridized carbons (Fsp3) is 0.304. The lowest BCUT2D eigenvalue weighted by Gasteiger charge is -2.23. The molecule has 1 aliphatic rings. The minimum Gasteiger partial charge on any atom is -0.497 e. The molecule has 4 heteroatoms. The van der Waals surface area contributed by atoms with Crippen LogP contribution in [0, 0.1) is 0 Å². The van der Waals surface area contributed by atoms with Crippen LogP contribution in [0.2, 0.25) is 0 Å². The molecule has 0 aliphatic heterocycles. The van der Waals surface area contributed by atoms with E-state index in [4.69, 9.17) is 4.74 Å². The van der Waals surface area contributed by atoms with Gasteiger partial charge in [-0.05, 0) is 53.6 Å². The maximum atomic E-state index is 12.7. The summed E-state index contributed by atoms with van der Waals surface area (Å²) in [6.07, 6.45) is 3.07. The Bertz CT molecular complexity index is 953. The normalized spacial score (nSPS) is 16.4. The highest BCUT2D eigenvalue weighted by atomic mass is 16.5. The molecule has 0 bridgehead atoms. The molecule has 0 saturated heterocycles. The Balaban J connectivity index is 1.66. The highest BCUT2D eigenvalue weighted by molar-refractivity contribution is 5.98. The van der Waals surface area contributed by atoms with Crippen molar-refractivity contribution in [3.05, 3.63) is 77.1 Å². The van der Waals surface area contributed by atoms with E-state index in [0.717, 1.165) is 29.1 Å². The molecule has 3 aromatic rings. The highest BCUT2D eigenvalue weighted by Gasteiger charge is 2.30. The van der Waals surface area contributed by atoms with Crippen molar-refractivity contribution >= 4 is 5.78 Å². The average Bonchev–Trinajstić information content (AvgIpc) is 3.12. The molecule has 1 aliphatic carbocycles. The van der Waals surface area contributed by atoms with E-state index >= 15 is 0 Å². The van der Waals surface area contributed by atoms with E-state index in [2.05, 4.69) is 43.2 Å². The number of Topliss-reactive ketones (excluding diaryl/α,β-unsaturated/α-hetero) is 1. The molecular formula is C23H24N2O2. The number of hydrogen-bond acceptors (Lipinski definition) is 3. The van der Waals surface area contributed by atoms with Crippen molar-refractivity contribution in [1.29, 1.82) is 0 Å². The first-order chi connectivity index (χ1) is 13.1. The monoisotopic (exact) mass is 360 g/mol. The zero-order valence-corrected chi connectivity index (χ0v) is 16.0. The zero-order valence-electron chi connectivity index (χ0n) is 16.0. The number of fused-ring (bicyclic) bond motifs is 1. The number of aromatic nitrogens is 2. The van der Waals surface area contributed by atoms with E-state index in [9.17, 15) is 4.79 Å². The van der Waals surface area contributed by atoms with Crippen LogP contribution in [0.15, 0.2) is 54.7 Å². The third-order valence-electron chi connectivity index (χ3n) is 5.43. The molecule has 0 N–H and O–H groups in total. The van der Waals surface area contributed by atoms with E-state index < -0.39 is 0 Å². The summed E-state index contributed by atoms with van der Waals surface area (Å²) in [5.74, 6) is 1.68. The quantitative estimate of drug-likeness (QED) is 0.663. The van der Waals surface area contributed by atoms with Gasteiger partial charge < -0.3 is 4.74 Å². The smallest absolute Gasteiger partial charge is 0.166 e. The van der Waals surface area contributed by atoms with E-state index in [0.29, 0.717) is 12.3 Å². The molecular weight excluding hydrogens is 336 g/mol. The minimum atomic E-state index is 0.175. The van der Waals surface area contributed by atoms with Gasteiger partial charge in [-0.1, -0.05) is 38.1 Å². The summed E-state index contributed by atoms with van der Waals surface area (Å²) in [6, 6.07) is 16.5. The summed E-state index contributed by atoms with van der Waals surface area (Å²) in [5, 5.41) is 4.49. The molecule has 1 atom stereocenters. The van der Waals surface area contributed by atoms with Crippen LogP contribution < -0.4 is 4.74 Å². The number of carbonyl (C=O) groups is 1. The Morgan fingerprint density at radius 1 is 1.04 bits per heavy atom. The van der Waals surface area contributed by atoms with Gasteiger partial charge in [0, 0.05) is 6.42 Å². The molecule has 0 unspecified atom stereocenters. The van der Waals surface area contributed by atoms with Gasteiger partial charge in [-0.15, -0.1) is 0 Å². The van der Waals surface area contributed by atoms with Crippen molar-refractivity contribution < 1.29 is 9.53 Å². The molecule has 0 fully saturated rings. The van der Waals surface area contributed by atoms with Crippen molar-refractivity contribution in [2.24, 2.45) is 0 Å². The summed E-state index contributed by atoms with van der Waals surface area (Å²) in [4.78, 5) is 12.7. The largest absolute Gasteiger partial charge is 0.497 e. The second-order valence-corrected chi connectivity index (χ2v) is 7.46. The van der Waals surface area contributed by atoms with Gasteiger partial charge in [0.1, 0.15) is 5.75 Å². The van der Waals surface area contributed by atoms with E-state index in [1.54, 1.807) is 13.3 Å². The molecule has 0 radical (unpaired) electrons. The van der Waals surface area contributed by atoms with Gasteiger partial charge in [-0.25, -0.2) is 4.68 Å². The molecule has 4 nitrogen and oxygen atoms in total. The Morgan fingerprint density at radius 2 is 1.74 bits per heavy atom.